The maximum atomic E-state index is 11.7. The second-order valence-corrected chi connectivity index (χ2v) is 6.01. The van der Waals surface area contributed by atoms with Crippen LogP contribution in [0.25, 0.3) is 11.5 Å². The standard InChI is InChI=1S/C16H21N3O2S/c1-3-4-5-10-17-14(20)11-22-16-19-18-15(21-16)13-8-6-12(2)7-9-13/h6-9H,3-5,10-11H2,1-2H3,(H,17,20). The number of nitrogens with one attached hydrogen (secondary N) is 1. The van der Waals surface area contributed by atoms with Gasteiger partial charge in [0.15, 0.2) is 0 Å². The average Bonchev–Trinajstić information content (AvgIpc) is 2.99. The molecule has 0 aliphatic heterocycles. The zero-order chi connectivity index (χ0) is 15.8. The van der Waals surface area contributed by atoms with Gasteiger partial charge in [-0.1, -0.05) is 49.2 Å². The Morgan fingerprint density at radius 1 is 1.23 bits per heavy atom. The van der Waals surface area contributed by atoms with E-state index in [1.807, 2.05) is 31.2 Å². The van der Waals surface area contributed by atoms with Gasteiger partial charge in [0.25, 0.3) is 5.22 Å². The van der Waals surface area contributed by atoms with Crippen molar-refractivity contribution < 1.29 is 9.21 Å². The molecule has 0 saturated heterocycles. The number of rotatable bonds is 8. The minimum atomic E-state index is -0.00353. The van der Waals surface area contributed by atoms with Crippen molar-refractivity contribution in [3.63, 3.8) is 0 Å². The van der Waals surface area contributed by atoms with Gasteiger partial charge >= 0.3 is 0 Å². The van der Waals surface area contributed by atoms with Gasteiger partial charge in [0.05, 0.1) is 5.75 Å². The van der Waals surface area contributed by atoms with E-state index in [1.165, 1.54) is 17.3 Å². The summed E-state index contributed by atoms with van der Waals surface area (Å²) in [6, 6.07) is 7.88. The van der Waals surface area contributed by atoms with Crippen LogP contribution in [0.3, 0.4) is 0 Å². The average molecular weight is 319 g/mol. The third kappa shape index (κ3) is 5.18. The van der Waals surface area contributed by atoms with Crippen molar-refractivity contribution in [1.29, 1.82) is 0 Å². The fourth-order valence-corrected chi connectivity index (χ4v) is 2.46. The van der Waals surface area contributed by atoms with Gasteiger partial charge in [0.1, 0.15) is 0 Å². The molecule has 1 amide bonds. The van der Waals surface area contributed by atoms with Crippen LogP contribution in [0.1, 0.15) is 31.7 Å². The van der Waals surface area contributed by atoms with Gasteiger partial charge in [-0.25, -0.2) is 0 Å². The molecule has 0 unspecified atom stereocenters. The Labute approximate surface area is 134 Å². The second-order valence-electron chi connectivity index (χ2n) is 5.08. The highest BCUT2D eigenvalue weighted by molar-refractivity contribution is 7.99. The number of amides is 1. The van der Waals surface area contributed by atoms with Crippen LogP contribution in [0.5, 0.6) is 0 Å². The zero-order valence-corrected chi connectivity index (χ0v) is 13.8. The molecule has 118 valence electrons. The number of unbranched alkanes of at least 4 members (excludes halogenated alkanes) is 2. The van der Waals surface area contributed by atoms with Gasteiger partial charge in [0.2, 0.25) is 11.8 Å². The molecule has 0 saturated carbocycles. The molecule has 0 spiro atoms. The summed E-state index contributed by atoms with van der Waals surface area (Å²) in [7, 11) is 0. The van der Waals surface area contributed by atoms with Gasteiger partial charge < -0.3 is 9.73 Å². The van der Waals surface area contributed by atoms with Crippen LogP contribution in [0, 0.1) is 6.92 Å². The van der Waals surface area contributed by atoms with Crippen LogP contribution >= 0.6 is 11.8 Å². The van der Waals surface area contributed by atoms with E-state index in [4.69, 9.17) is 4.42 Å². The molecule has 0 fully saturated rings. The number of carbonyl (C=O) groups is 1. The summed E-state index contributed by atoms with van der Waals surface area (Å²) < 4.78 is 5.56. The normalized spacial score (nSPS) is 10.6. The fourth-order valence-electron chi connectivity index (χ4n) is 1.86. The Kier molecular flexibility index (Phi) is 6.45. The number of carbonyl (C=O) groups excluding carboxylic acids is 1. The lowest BCUT2D eigenvalue weighted by Crippen LogP contribution is -2.26. The molecule has 5 nitrogen and oxygen atoms in total. The van der Waals surface area contributed by atoms with Gasteiger partial charge in [-0.05, 0) is 25.5 Å². The maximum Gasteiger partial charge on any atom is 0.277 e. The Balaban J connectivity index is 1.79. The second kappa shape index (κ2) is 8.58. The predicted molar refractivity (Wildman–Crippen MR) is 87.7 cm³/mol. The number of nitrogens with zero attached hydrogens (tertiary/aromatic N) is 2. The molecule has 1 heterocycles. The molecule has 0 atom stereocenters. The monoisotopic (exact) mass is 319 g/mol. The first-order valence-corrected chi connectivity index (χ1v) is 8.47. The number of aromatic nitrogens is 2. The molecule has 0 bridgehead atoms. The first kappa shape index (κ1) is 16.5. The molecular weight excluding hydrogens is 298 g/mol. The first-order chi connectivity index (χ1) is 10.7. The number of aryl methyl sites for hydroxylation is 1. The van der Waals surface area contributed by atoms with Crippen LogP contribution in [0.4, 0.5) is 0 Å². The molecular formula is C16H21N3O2S. The molecule has 6 heteroatoms. The van der Waals surface area contributed by atoms with Crippen molar-refractivity contribution in [1.82, 2.24) is 15.5 Å². The highest BCUT2D eigenvalue weighted by Gasteiger charge is 2.10. The lowest BCUT2D eigenvalue weighted by atomic mass is 10.1. The first-order valence-electron chi connectivity index (χ1n) is 7.49. The van der Waals surface area contributed by atoms with E-state index >= 15 is 0 Å². The summed E-state index contributed by atoms with van der Waals surface area (Å²) in [6.07, 6.45) is 3.30. The lowest BCUT2D eigenvalue weighted by molar-refractivity contribution is -0.118. The van der Waals surface area contributed by atoms with E-state index in [0.717, 1.165) is 31.4 Å². The van der Waals surface area contributed by atoms with E-state index in [9.17, 15) is 4.79 Å². The summed E-state index contributed by atoms with van der Waals surface area (Å²) >= 11 is 1.26. The molecule has 2 rings (SSSR count). The van der Waals surface area contributed by atoms with E-state index in [0.29, 0.717) is 16.9 Å². The fraction of sp³-hybridized carbons (Fsp3) is 0.438. The molecule has 1 N–H and O–H groups in total. The SMILES string of the molecule is CCCCCNC(=O)CSc1nnc(-c2ccc(C)cc2)o1. The smallest absolute Gasteiger partial charge is 0.277 e. The molecule has 0 radical (unpaired) electrons. The summed E-state index contributed by atoms with van der Waals surface area (Å²) in [6.45, 7) is 4.89. The van der Waals surface area contributed by atoms with Crippen molar-refractivity contribution >= 4 is 17.7 Å². The molecule has 22 heavy (non-hydrogen) atoms. The van der Waals surface area contributed by atoms with E-state index in [2.05, 4.69) is 22.4 Å². The van der Waals surface area contributed by atoms with Crippen molar-refractivity contribution in [3.8, 4) is 11.5 Å². The predicted octanol–water partition coefficient (Wildman–Crippen LogP) is 3.44. The zero-order valence-electron chi connectivity index (χ0n) is 13.0. The van der Waals surface area contributed by atoms with E-state index < -0.39 is 0 Å². The minimum absolute atomic E-state index is 0.00353. The third-order valence-corrected chi connectivity index (χ3v) is 3.95. The summed E-state index contributed by atoms with van der Waals surface area (Å²) in [5, 5.41) is 11.3. The van der Waals surface area contributed by atoms with Gasteiger partial charge in [-0.2, -0.15) is 0 Å². The van der Waals surface area contributed by atoms with Gasteiger partial charge in [-0.3, -0.25) is 4.79 Å². The van der Waals surface area contributed by atoms with Crippen molar-refractivity contribution in [3.05, 3.63) is 29.8 Å². The number of benzene rings is 1. The molecule has 2 aromatic rings. The Bertz CT molecular complexity index is 596. The Morgan fingerprint density at radius 2 is 2.00 bits per heavy atom. The topological polar surface area (TPSA) is 68.0 Å². The molecule has 1 aromatic carbocycles. The maximum absolute atomic E-state index is 11.7. The van der Waals surface area contributed by atoms with Crippen molar-refractivity contribution in [2.75, 3.05) is 12.3 Å². The van der Waals surface area contributed by atoms with Crippen molar-refractivity contribution in [2.24, 2.45) is 0 Å². The molecule has 1 aromatic heterocycles. The number of hydrogen-bond acceptors (Lipinski definition) is 5. The van der Waals surface area contributed by atoms with E-state index in [-0.39, 0.29) is 5.91 Å². The Hall–Kier alpha value is -1.82. The Morgan fingerprint density at radius 3 is 2.73 bits per heavy atom. The lowest BCUT2D eigenvalue weighted by Gasteiger charge is -2.02. The number of thioether (sulfide) groups is 1. The molecule has 0 aliphatic rings. The third-order valence-electron chi connectivity index (χ3n) is 3.13. The quantitative estimate of drug-likeness (QED) is 0.596. The highest BCUT2D eigenvalue weighted by atomic mass is 32.2. The summed E-state index contributed by atoms with van der Waals surface area (Å²) in [4.78, 5) is 11.7. The van der Waals surface area contributed by atoms with Crippen LogP contribution in [0.15, 0.2) is 33.9 Å². The van der Waals surface area contributed by atoms with Crippen LogP contribution < -0.4 is 5.32 Å². The van der Waals surface area contributed by atoms with Crippen LogP contribution in [-0.4, -0.2) is 28.4 Å². The number of hydrogen-bond donors (Lipinski definition) is 1. The van der Waals surface area contributed by atoms with Crippen molar-refractivity contribution in [2.45, 2.75) is 38.3 Å². The molecule has 0 aliphatic carbocycles. The largest absolute Gasteiger partial charge is 0.411 e. The highest BCUT2D eigenvalue weighted by Crippen LogP contribution is 2.23. The minimum Gasteiger partial charge on any atom is -0.411 e. The van der Waals surface area contributed by atoms with E-state index in [1.54, 1.807) is 0 Å². The van der Waals surface area contributed by atoms with Gasteiger partial charge in [0, 0.05) is 12.1 Å². The van der Waals surface area contributed by atoms with Crippen LogP contribution in [-0.2, 0) is 4.79 Å². The summed E-state index contributed by atoms with van der Waals surface area (Å²) in [5.41, 5.74) is 2.06. The van der Waals surface area contributed by atoms with Crippen LogP contribution in [0.2, 0.25) is 0 Å². The van der Waals surface area contributed by atoms with Gasteiger partial charge in [-0.15, -0.1) is 10.2 Å². The summed E-state index contributed by atoms with van der Waals surface area (Å²) in [5.74, 6) is 0.767.